The number of methoxy groups -OCH3 is 2. The van der Waals surface area contributed by atoms with Crippen molar-refractivity contribution in [3.05, 3.63) is 68.3 Å². The molecule has 0 amide bonds. The Bertz CT molecular complexity index is 1140. The maximum absolute atomic E-state index is 12.8. The van der Waals surface area contributed by atoms with E-state index >= 15 is 0 Å². The lowest BCUT2D eigenvalue weighted by atomic mass is 10.1. The van der Waals surface area contributed by atoms with Crippen LogP contribution in [0.25, 0.3) is 10.9 Å². The molecule has 0 aliphatic carbocycles. The van der Waals surface area contributed by atoms with Gasteiger partial charge >= 0.3 is 0 Å². The number of benzene rings is 2. The first-order valence-electron chi connectivity index (χ1n) is 8.45. The van der Waals surface area contributed by atoms with Gasteiger partial charge in [0.2, 0.25) is 0 Å². The summed E-state index contributed by atoms with van der Waals surface area (Å²) in [6.07, 6.45) is 1.71. The molecule has 144 valence electrons. The summed E-state index contributed by atoms with van der Waals surface area (Å²) in [6.45, 7) is 1.85. The number of hydrogen-bond donors (Lipinski definition) is 0. The molecule has 0 atom stereocenters. The summed E-state index contributed by atoms with van der Waals surface area (Å²) in [5.41, 5.74) is 0.181. The maximum atomic E-state index is 12.8. The minimum atomic E-state index is -0.550. The third-order valence-corrected chi connectivity index (χ3v) is 4.18. The number of nitro groups is 1. The summed E-state index contributed by atoms with van der Waals surface area (Å²) in [6, 6.07) is 9.64. The predicted octanol–water partition coefficient (Wildman–Crippen LogP) is 2.77. The van der Waals surface area contributed by atoms with Crippen LogP contribution in [0.2, 0.25) is 0 Å². The molecule has 0 saturated carbocycles. The molecule has 0 fully saturated rings. The molecule has 0 saturated heterocycles. The number of fused-ring (bicyclic) bond motifs is 1. The van der Waals surface area contributed by atoms with Crippen molar-refractivity contribution < 1.29 is 14.4 Å². The van der Waals surface area contributed by atoms with E-state index in [1.807, 2.05) is 6.92 Å². The molecule has 0 aliphatic rings. The lowest BCUT2D eigenvalue weighted by Crippen LogP contribution is -2.22. The molecule has 1 heterocycles. The van der Waals surface area contributed by atoms with E-state index in [4.69, 9.17) is 9.47 Å². The predicted molar refractivity (Wildman–Crippen MR) is 105 cm³/mol. The molecule has 2 aromatic carbocycles. The highest BCUT2D eigenvalue weighted by atomic mass is 16.6. The summed E-state index contributed by atoms with van der Waals surface area (Å²) >= 11 is 0. The summed E-state index contributed by atoms with van der Waals surface area (Å²) in [7, 11) is 2.82. The Balaban J connectivity index is 2.18. The molecule has 0 bridgehead atoms. The fourth-order valence-electron chi connectivity index (χ4n) is 2.78. The molecule has 0 N–H and O–H groups in total. The highest BCUT2D eigenvalue weighted by Crippen LogP contribution is 2.33. The number of rotatable bonds is 6. The first-order chi connectivity index (χ1) is 13.5. The van der Waals surface area contributed by atoms with Crippen LogP contribution in [0.3, 0.4) is 0 Å². The van der Waals surface area contributed by atoms with Gasteiger partial charge in [-0.25, -0.2) is 4.98 Å². The van der Waals surface area contributed by atoms with Crippen molar-refractivity contribution in [1.82, 2.24) is 9.66 Å². The topological polar surface area (TPSA) is 109 Å². The van der Waals surface area contributed by atoms with Gasteiger partial charge in [-0.05, 0) is 18.2 Å². The van der Waals surface area contributed by atoms with Crippen LogP contribution in [0.4, 0.5) is 5.69 Å². The molecule has 0 spiro atoms. The number of nitro benzene ring substituents is 1. The number of hydrogen-bond acceptors (Lipinski definition) is 7. The molecule has 9 nitrogen and oxygen atoms in total. The molecule has 9 heteroatoms. The highest BCUT2D eigenvalue weighted by Gasteiger charge is 2.19. The van der Waals surface area contributed by atoms with E-state index in [0.29, 0.717) is 28.9 Å². The monoisotopic (exact) mass is 382 g/mol. The maximum Gasteiger partial charge on any atom is 0.282 e. The Morgan fingerprint density at radius 3 is 2.54 bits per heavy atom. The Morgan fingerprint density at radius 2 is 1.89 bits per heavy atom. The van der Waals surface area contributed by atoms with Gasteiger partial charge < -0.3 is 9.47 Å². The van der Waals surface area contributed by atoms with Gasteiger partial charge in [-0.3, -0.25) is 14.9 Å². The fraction of sp³-hybridized carbons (Fsp3) is 0.211. The zero-order chi connectivity index (χ0) is 20.3. The minimum absolute atomic E-state index is 0.171. The standard InChI is InChI=1S/C19H18N4O5/c1-4-18-21-14-8-6-5-7-13(14)19(24)22(18)20-11-12-9-16(27-2)17(28-3)10-15(12)23(25)26/h5-11H,4H2,1-3H3/b20-11-. The van der Waals surface area contributed by atoms with Gasteiger partial charge in [-0.1, -0.05) is 19.1 Å². The van der Waals surface area contributed by atoms with Crippen LogP contribution in [-0.2, 0) is 6.42 Å². The van der Waals surface area contributed by atoms with Crippen LogP contribution in [0.5, 0.6) is 11.5 Å². The van der Waals surface area contributed by atoms with Gasteiger partial charge in [-0.15, -0.1) is 0 Å². The van der Waals surface area contributed by atoms with Crippen molar-refractivity contribution in [2.45, 2.75) is 13.3 Å². The molecule has 3 aromatic rings. The Kier molecular flexibility index (Phi) is 5.35. The van der Waals surface area contributed by atoms with E-state index in [1.165, 1.54) is 32.6 Å². The average Bonchev–Trinajstić information content (AvgIpc) is 2.72. The summed E-state index contributed by atoms with van der Waals surface area (Å²) < 4.78 is 11.5. The third kappa shape index (κ3) is 3.41. The van der Waals surface area contributed by atoms with Crippen molar-refractivity contribution >= 4 is 22.8 Å². The second kappa shape index (κ2) is 7.87. The van der Waals surface area contributed by atoms with E-state index in [-0.39, 0.29) is 22.6 Å². The Hall–Kier alpha value is -3.75. The van der Waals surface area contributed by atoms with Crippen LogP contribution < -0.4 is 15.0 Å². The average molecular weight is 382 g/mol. The van der Waals surface area contributed by atoms with Crippen LogP contribution in [0.1, 0.15) is 18.3 Å². The van der Waals surface area contributed by atoms with Crippen molar-refractivity contribution in [1.29, 1.82) is 0 Å². The number of para-hydroxylation sites is 1. The number of ether oxygens (including phenoxy) is 2. The second-order valence-corrected chi connectivity index (χ2v) is 5.78. The van der Waals surface area contributed by atoms with Crippen molar-refractivity contribution in [2.75, 3.05) is 14.2 Å². The molecule has 0 radical (unpaired) electrons. The third-order valence-electron chi connectivity index (χ3n) is 4.18. The molecular formula is C19H18N4O5. The van der Waals surface area contributed by atoms with Gasteiger partial charge in [0.1, 0.15) is 5.82 Å². The zero-order valence-electron chi connectivity index (χ0n) is 15.6. The Labute approximate surface area is 160 Å². The lowest BCUT2D eigenvalue weighted by molar-refractivity contribution is -0.385. The fourth-order valence-corrected chi connectivity index (χ4v) is 2.78. The zero-order valence-corrected chi connectivity index (χ0v) is 15.6. The lowest BCUT2D eigenvalue weighted by Gasteiger charge is -2.09. The van der Waals surface area contributed by atoms with Gasteiger partial charge in [0.25, 0.3) is 11.2 Å². The van der Waals surface area contributed by atoms with Crippen LogP contribution >= 0.6 is 0 Å². The van der Waals surface area contributed by atoms with Gasteiger partial charge in [0.15, 0.2) is 11.5 Å². The first-order valence-corrected chi connectivity index (χ1v) is 8.45. The van der Waals surface area contributed by atoms with Crippen molar-refractivity contribution in [3.8, 4) is 11.5 Å². The molecule has 1 aromatic heterocycles. The molecular weight excluding hydrogens is 364 g/mol. The first kappa shape index (κ1) is 19.0. The normalized spacial score (nSPS) is 11.1. The Morgan fingerprint density at radius 1 is 1.21 bits per heavy atom. The summed E-state index contributed by atoms with van der Waals surface area (Å²) in [4.78, 5) is 28.1. The minimum Gasteiger partial charge on any atom is -0.493 e. The summed E-state index contributed by atoms with van der Waals surface area (Å²) in [5, 5.41) is 16.0. The molecule has 28 heavy (non-hydrogen) atoms. The van der Waals surface area contributed by atoms with Crippen LogP contribution in [-0.4, -0.2) is 35.0 Å². The largest absolute Gasteiger partial charge is 0.493 e. The van der Waals surface area contributed by atoms with Crippen molar-refractivity contribution in [2.24, 2.45) is 5.10 Å². The van der Waals surface area contributed by atoms with E-state index in [1.54, 1.807) is 24.3 Å². The summed E-state index contributed by atoms with van der Waals surface area (Å²) in [5.74, 6) is 0.988. The van der Waals surface area contributed by atoms with Crippen LogP contribution in [0.15, 0.2) is 46.3 Å². The second-order valence-electron chi connectivity index (χ2n) is 5.78. The van der Waals surface area contributed by atoms with E-state index in [2.05, 4.69) is 10.1 Å². The van der Waals surface area contributed by atoms with E-state index < -0.39 is 4.92 Å². The van der Waals surface area contributed by atoms with Gasteiger partial charge in [0.05, 0.1) is 47.9 Å². The highest BCUT2D eigenvalue weighted by molar-refractivity contribution is 5.87. The van der Waals surface area contributed by atoms with Crippen LogP contribution in [0, 0.1) is 10.1 Å². The smallest absolute Gasteiger partial charge is 0.282 e. The SMILES string of the molecule is CCc1nc2ccccc2c(=O)n1/N=C\c1cc(OC)c(OC)cc1[N+](=O)[O-]. The molecule has 3 rings (SSSR count). The number of aromatic nitrogens is 2. The van der Waals surface area contributed by atoms with E-state index in [0.717, 1.165) is 4.68 Å². The molecule has 0 aliphatic heterocycles. The number of nitrogens with zero attached hydrogens (tertiary/aromatic N) is 4. The van der Waals surface area contributed by atoms with Gasteiger partial charge in [0, 0.05) is 6.42 Å². The quantitative estimate of drug-likeness (QED) is 0.368. The number of aryl methyl sites for hydroxylation is 1. The van der Waals surface area contributed by atoms with Gasteiger partial charge in [-0.2, -0.15) is 9.78 Å². The molecule has 0 unspecified atom stereocenters. The van der Waals surface area contributed by atoms with E-state index in [9.17, 15) is 14.9 Å². The van der Waals surface area contributed by atoms with Crippen molar-refractivity contribution in [3.63, 3.8) is 0 Å².